The molecule has 0 fully saturated rings. The summed E-state index contributed by atoms with van der Waals surface area (Å²) in [5.74, 6) is 1.74. The third-order valence-electron chi connectivity index (χ3n) is 5.46. The van der Waals surface area contributed by atoms with Crippen LogP contribution in [-0.2, 0) is 4.79 Å². The van der Waals surface area contributed by atoms with Gasteiger partial charge in [-0.15, -0.1) is 0 Å². The lowest BCUT2D eigenvalue weighted by atomic mass is 10.1. The van der Waals surface area contributed by atoms with E-state index in [9.17, 15) is 14.9 Å². The number of nitro groups is 1. The number of ether oxygens (including phenoxy) is 5. The van der Waals surface area contributed by atoms with Crippen LogP contribution < -0.4 is 29.0 Å². The zero-order chi connectivity index (χ0) is 27.7. The van der Waals surface area contributed by atoms with Crippen molar-refractivity contribution in [2.45, 2.75) is 0 Å². The van der Waals surface area contributed by atoms with Crippen LogP contribution in [0.15, 0.2) is 54.6 Å². The van der Waals surface area contributed by atoms with E-state index in [1.807, 2.05) is 30.4 Å². The number of nitrogens with one attached hydrogen (secondary N) is 1. The van der Waals surface area contributed by atoms with Crippen LogP contribution in [0.4, 0.5) is 11.4 Å². The molecule has 0 aliphatic rings. The maximum atomic E-state index is 12.6. The maximum Gasteiger partial charge on any atom is 0.310 e. The van der Waals surface area contributed by atoms with E-state index in [0.29, 0.717) is 34.2 Å². The number of carbonyl (C=O) groups is 1. The second-order valence-corrected chi connectivity index (χ2v) is 7.76. The molecule has 10 nitrogen and oxygen atoms in total. The average molecular weight is 521 g/mol. The van der Waals surface area contributed by atoms with Crippen LogP contribution in [0.25, 0.3) is 18.2 Å². The van der Waals surface area contributed by atoms with Gasteiger partial charge in [0.25, 0.3) is 0 Å². The number of carbonyl (C=O) groups excluding carboxylic acids is 1. The first-order chi connectivity index (χ1) is 18.3. The van der Waals surface area contributed by atoms with E-state index < -0.39 is 10.8 Å². The molecule has 1 N–H and O–H groups in total. The summed E-state index contributed by atoms with van der Waals surface area (Å²) in [4.78, 5) is 23.2. The fourth-order valence-electron chi connectivity index (χ4n) is 3.61. The molecule has 0 aliphatic carbocycles. The minimum Gasteiger partial charge on any atom is -0.495 e. The minimum atomic E-state index is -0.533. The number of hydrogen-bond donors (Lipinski definition) is 1. The van der Waals surface area contributed by atoms with Crippen molar-refractivity contribution < 1.29 is 33.4 Å². The lowest BCUT2D eigenvalue weighted by Gasteiger charge is -2.13. The SMILES string of the molecule is COc1ccc(/C=C/c2cc(OC)c(OC)c(OC)c2)cc1NC(=O)/C=C/c1ccc([N+](=O)[O-])c(OC)c1. The molecule has 0 heterocycles. The Kier molecular flexibility index (Phi) is 9.31. The number of nitrogens with zero attached hydrogens (tertiary/aromatic N) is 1. The topological polar surface area (TPSA) is 118 Å². The molecule has 0 bridgehead atoms. The van der Waals surface area contributed by atoms with Crippen molar-refractivity contribution in [3.63, 3.8) is 0 Å². The van der Waals surface area contributed by atoms with Crippen LogP contribution in [-0.4, -0.2) is 46.4 Å². The Hall–Kier alpha value is -4.99. The van der Waals surface area contributed by atoms with Crippen molar-refractivity contribution in [1.29, 1.82) is 0 Å². The van der Waals surface area contributed by atoms with E-state index in [0.717, 1.165) is 11.1 Å². The van der Waals surface area contributed by atoms with Crippen molar-refractivity contribution in [1.82, 2.24) is 0 Å². The van der Waals surface area contributed by atoms with E-state index in [4.69, 9.17) is 23.7 Å². The van der Waals surface area contributed by atoms with Gasteiger partial charge in [0.05, 0.1) is 46.2 Å². The summed E-state index contributed by atoms with van der Waals surface area (Å²) in [6.45, 7) is 0. The van der Waals surface area contributed by atoms with Crippen LogP contribution in [0.3, 0.4) is 0 Å². The Morgan fingerprint density at radius 2 is 1.26 bits per heavy atom. The molecule has 10 heteroatoms. The van der Waals surface area contributed by atoms with Crippen molar-refractivity contribution >= 4 is 35.5 Å². The number of nitro benzene ring substituents is 1. The van der Waals surface area contributed by atoms with Gasteiger partial charge in [-0.2, -0.15) is 0 Å². The highest BCUT2D eigenvalue weighted by atomic mass is 16.6. The molecule has 0 radical (unpaired) electrons. The molecule has 0 saturated carbocycles. The zero-order valence-electron chi connectivity index (χ0n) is 21.6. The summed E-state index contributed by atoms with van der Waals surface area (Å²) in [6, 6.07) is 13.3. The predicted octanol–water partition coefficient (Wildman–Crippen LogP) is 5.46. The third kappa shape index (κ3) is 6.61. The molecule has 0 spiro atoms. The van der Waals surface area contributed by atoms with Crippen LogP contribution in [0.5, 0.6) is 28.7 Å². The minimum absolute atomic E-state index is 0.103. The second kappa shape index (κ2) is 12.8. The largest absolute Gasteiger partial charge is 0.495 e. The third-order valence-corrected chi connectivity index (χ3v) is 5.46. The standard InChI is InChI=1S/C28H28N2O8/c1-34-23-12-9-18(6-7-20-16-25(36-3)28(38-5)26(17-20)37-4)14-21(23)29-27(31)13-10-19-8-11-22(30(32)33)24(15-19)35-2/h6-17H,1-5H3,(H,29,31)/b7-6+,13-10+. The van der Waals surface area contributed by atoms with Crippen LogP contribution in [0, 0.1) is 10.1 Å². The van der Waals surface area contributed by atoms with Gasteiger partial charge in [-0.1, -0.05) is 18.2 Å². The molecule has 0 aliphatic heterocycles. The van der Waals surface area contributed by atoms with E-state index in [2.05, 4.69) is 5.32 Å². The molecule has 0 unspecified atom stereocenters. The maximum absolute atomic E-state index is 12.6. The monoisotopic (exact) mass is 520 g/mol. The number of anilines is 1. The van der Waals surface area contributed by atoms with Crippen molar-refractivity contribution in [3.8, 4) is 28.7 Å². The molecule has 1 amide bonds. The molecule has 0 atom stereocenters. The molecule has 38 heavy (non-hydrogen) atoms. The van der Waals surface area contributed by atoms with Crippen LogP contribution in [0.2, 0.25) is 0 Å². The highest BCUT2D eigenvalue weighted by molar-refractivity contribution is 6.03. The Morgan fingerprint density at radius 3 is 1.84 bits per heavy atom. The summed E-state index contributed by atoms with van der Waals surface area (Å²) in [6.07, 6.45) is 6.59. The first-order valence-corrected chi connectivity index (χ1v) is 11.3. The number of rotatable bonds is 11. The van der Waals surface area contributed by atoms with Gasteiger partial charge in [0.1, 0.15) is 5.75 Å². The molecule has 3 aromatic carbocycles. The summed E-state index contributed by atoms with van der Waals surface area (Å²) >= 11 is 0. The normalized spacial score (nSPS) is 10.9. The lowest BCUT2D eigenvalue weighted by molar-refractivity contribution is -0.385. The van der Waals surface area contributed by atoms with Gasteiger partial charge in [-0.25, -0.2) is 0 Å². The van der Waals surface area contributed by atoms with Gasteiger partial charge in [-0.05, 0) is 59.2 Å². The molecule has 0 aromatic heterocycles. The van der Waals surface area contributed by atoms with Gasteiger partial charge >= 0.3 is 5.69 Å². The predicted molar refractivity (Wildman–Crippen MR) is 145 cm³/mol. The Morgan fingerprint density at radius 1 is 0.711 bits per heavy atom. The van der Waals surface area contributed by atoms with Gasteiger partial charge in [0.15, 0.2) is 17.2 Å². The summed E-state index contributed by atoms with van der Waals surface area (Å²) < 4.78 is 26.6. The Labute approximate surface area is 220 Å². The molecule has 0 saturated heterocycles. The molecule has 3 rings (SSSR count). The van der Waals surface area contributed by atoms with E-state index in [-0.39, 0.29) is 11.4 Å². The van der Waals surface area contributed by atoms with Gasteiger partial charge < -0.3 is 29.0 Å². The first kappa shape index (κ1) is 27.6. The Balaban J connectivity index is 1.80. The Bertz CT molecular complexity index is 1360. The number of benzene rings is 3. The van der Waals surface area contributed by atoms with E-state index in [1.54, 1.807) is 33.5 Å². The second-order valence-electron chi connectivity index (χ2n) is 7.76. The van der Waals surface area contributed by atoms with Crippen molar-refractivity contribution in [2.75, 3.05) is 40.9 Å². The van der Waals surface area contributed by atoms with Crippen LogP contribution >= 0.6 is 0 Å². The number of hydrogen-bond acceptors (Lipinski definition) is 8. The smallest absolute Gasteiger partial charge is 0.310 e. The van der Waals surface area contributed by atoms with Crippen molar-refractivity contribution in [3.05, 3.63) is 81.4 Å². The van der Waals surface area contributed by atoms with E-state index in [1.165, 1.54) is 44.6 Å². The molecular weight excluding hydrogens is 492 g/mol. The van der Waals surface area contributed by atoms with Gasteiger partial charge in [0, 0.05) is 12.1 Å². The van der Waals surface area contributed by atoms with Gasteiger partial charge in [0.2, 0.25) is 11.7 Å². The lowest BCUT2D eigenvalue weighted by Crippen LogP contribution is -2.09. The fourth-order valence-corrected chi connectivity index (χ4v) is 3.61. The number of amides is 1. The van der Waals surface area contributed by atoms with Gasteiger partial charge in [-0.3, -0.25) is 14.9 Å². The molecule has 198 valence electrons. The van der Waals surface area contributed by atoms with Crippen molar-refractivity contribution in [2.24, 2.45) is 0 Å². The van der Waals surface area contributed by atoms with E-state index >= 15 is 0 Å². The highest BCUT2D eigenvalue weighted by Crippen LogP contribution is 2.38. The number of methoxy groups -OCH3 is 5. The molecular formula is C28H28N2O8. The quantitative estimate of drug-likeness (QED) is 0.153. The summed E-state index contributed by atoms with van der Waals surface area (Å²) in [5.41, 5.74) is 2.50. The zero-order valence-corrected chi connectivity index (χ0v) is 21.6. The molecule has 3 aromatic rings. The average Bonchev–Trinajstić information content (AvgIpc) is 2.94. The first-order valence-electron chi connectivity index (χ1n) is 11.3. The highest BCUT2D eigenvalue weighted by Gasteiger charge is 2.14. The summed E-state index contributed by atoms with van der Waals surface area (Å²) in [5, 5.41) is 13.9. The van der Waals surface area contributed by atoms with Crippen LogP contribution in [0.1, 0.15) is 16.7 Å². The fraction of sp³-hybridized carbons (Fsp3) is 0.179. The summed E-state index contributed by atoms with van der Waals surface area (Å²) in [7, 11) is 7.50.